The van der Waals surface area contributed by atoms with Crippen molar-refractivity contribution in [2.45, 2.75) is 4.90 Å². The fourth-order valence-corrected chi connectivity index (χ4v) is 2.62. The molecule has 0 amide bonds. The maximum Gasteiger partial charge on any atom is 0.261 e. The number of benzene rings is 2. The molecule has 0 bridgehead atoms. The van der Waals surface area contributed by atoms with Crippen LogP contribution in [0.5, 0.6) is 5.75 Å². The van der Waals surface area contributed by atoms with Crippen molar-refractivity contribution < 1.29 is 13.2 Å². The molecule has 2 aromatic carbocycles. The van der Waals surface area contributed by atoms with E-state index in [1.165, 1.54) is 31.4 Å². The molecule has 0 saturated carbocycles. The minimum Gasteiger partial charge on any atom is -0.497 e. The lowest BCUT2D eigenvalue weighted by Crippen LogP contribution is -2.12. The molecule has 0 spiro atoms. The van der Waals surface area contributed by atoms with E-state index in [-0.39, 0.29) is 10.6 Å². The van der Waals surface area contributed by atoms with Crippen LogP contribution in [0.4, 0.5) is 11.4 Å². The lowest BCUT2D eigenvalue weighted by molar-refractivity contribution is 0.415. The predicted molar refractivity (Wildman–Crippen MR) is 75.7 cm³/mol. The number of nitrogens with zero attached hydrogens (tertiary/aromatic N) is 1. The van der Waals surface area contributed by atoms with E-state index in [1.807, 2.05) is 0 Å². The number of hydrogen-bond donors (Lipinski definition) is 1. The lowest BCUT2D eigenvalue weighted by Gasteiger charge is -2.08. The van der Waals surface area contributed by atoms with Gasteiger partial charge in [-0.1, -0.05) is 0 Å². The van der Waals surface area contributed by atoms with Gasteiger partial charge >= 0.3 is 0 Å². The minimum atomic E-state index is -3.69. The topological polar surface area (TPSA) is 84.8 Å². The number of anilines is 1. The zero-order valence-electron chi connectivity index (χ0n) is 10.6. The standard InChI is InChI=1S/C13H12N2O4S/c1-19-12-6-2-11(3-7-12)15-20(17,18)13-8-4-10(14-16)5-9-13/h2-9,15H,1H3. The van der Waals surface area contributed by atoms with Crippen molar-refractivity contribution in [2.75, 3.05) is 11.8 Å². The number of nitroso groups, excluding NO2 is 1. The molecular weight excluding hydrogens is 280 g/mol. The molecule has 0 atom stereocenters. The zero-order chi connectivity index (χ0) is 14.6. The van der Waals surface area contributed by atoms with E-state index in [2.05, 4.69) is 9.90 Å². The smallest absolute Gasteiger partial charge is 0.261 e. The van der Waals surface area contributed by atoms with Crippen molar-refractivity contribution in [1.82, 2.24) is 0 Å². The Bertz CT molecular complexity index is 694. The van der Waals surface area contributed by atoms with Gasteiger partial charge in [0.15, 0.2) is 0 Å². The van der Waals surface area contributed by atoms with Crippen LogP contribution in [0.15, 0.2) is 58.6 Å². The van der Waals surface area contributed by atoms with Gasteiger partial charge in [0, 0.05) is 5.69 Å². The third-order valence-electron chi connectivity index (χ3n) is 2.59. The van der Waals surface area contributed by atoms with E-state index in [4.69, 9.17) is 4.74 Å². The third-order valence-corrected chi connectivity index (χ3v) is 3.99. The zero-order valence-corrected chi connectivity index (χ0v) is 11.4. The number of methoxy groups -OCH3 is 1. The highest BCUT2D eigenvalue weighted by Crippen LogP contribution is 2.21. The second-order valence-corrected chi connectivity index (χ2v) is 5.60. The van der Waals surface area contributed by atoms with E-state index in [9.17, 15) is 13.3 Å². The van der Waals surface area contributed by atoms with Gasteiger partial charge in [-0.15, -0.1) is 4.91 Å². The van der Waals surface area contributed by atoms with Gasteiger partial charge in [0.05, 0.1) is 12.0 Å². The van der Waals surface area contributed by atoms with Gasteiger partial charge in [-0.3, -0.25) is 4.72 Å². The summed E-state index contributed by atoms with van der Waals surface area (Å²) in [6.07, 6.45) is 0. The number of sulfonamides is 1. The normalized spacial score (nSPS) is 10.8. The van der Waals surface area contributed by atoms with Crippen LogP contribution < -0.4 is 9.46 Å². The minimum absolute atomic E-state index is 0.0562. The molecule has 104 valence electrons. The first-order chi connectivity index (χ1) is 9.55. The molecule has 2 rings (SSSR count). The van der Waals surface area contributed by atoms with Crippen LogP contribution in [0, 0.1) is 4.91 Å². The summed E-state index contributed by atoms with van der Waals surface area (Å²) in [5.41, 5.74) is 0.594. The second-order valence-electron chi connectivity index (χ2n) is 3.92. The number of rotatable bonds is 5. The summed E-state index contributed by atoms with van der Waals surface area (Å²) in [6, 6.07) is 11.8. The molecule has 2 aromatic rings. The summed E-state index contributed by atoms with van der Waals surface area (Å²) >= 11 is 0. The van der Waals surface area contributed by atoms with Crippen molar-refractivity contribution in [3.8, 4) is 5.75 Å². The molecule has 6 nitrogen and oxygen atoms in total. The Morgan fingerprint density at radius 2 is 1.60 bits per heavy atom. The SMILES string of the molecule is COc1ccc(NS(=O)(=O)c2ccc(N=O)cc2)cc1. The second kappa shape index (κ2) is 5.70. The number of hydrogen-bond acceptors (Lipinski definition) is 5. The van der Waals surface area contributed by atoms with Gasteiger partial charge < -0.3 is 4.74 Å². The van der Waals surface area contributed by atoms with Crippen molar-refractivity contribution in [3.63, 3.8) is 0 Å². The summed E-state index contributed by atoms with van der Waals surface area (Å²) in [6.45, 7) is 0. The summed E-state index contributed by atoms with van der Waals surface area (Å²) in [5, 5.41) is 2.72. The molecular formula is C13H12N2O4S. The highest BCUT2D eigenvalue weighted by Gasteiger charge is 2.14. The summed E-state index contributed by atoms with van der Waals surface area (Å²) < 4.78 is 31.6. The lowest BCUT2D eigenvalue weighted by atomic mass is 10.3. The Labute approximate surface area is 116 Å². The first-order valence-electron chi connectivity index (χ1n) is 5.65. The van der Waals surface area contributed by atoms with Gasteiger partial charge in [0.25, 0.3) is 10.0 Å². The Kier molecular flexibility index (Phi) is 3.99. The Balaban J connectivity index is 2.22. The predicted octanol–water partition coefficient (Wildman–Crippen LogP) is 2.89. The van der Waals surface area contributed by atoms with E-state index in [0.29, 0.717) is 11.4 Å². The molecule has 0 unspecified atom stereocenters. The Hall–Kier alpha value is -2.41. The summed E-state index contributed by atoms with van der Waals surface area (Å²) in [5.74, 6) is 0.634. The summed E-state index contributed by atoms with van der Waals surface area (Å²) in [4.78, 5) is 10.3. The van der Waals surface area contributed by atoms with Gasteiger partial charge in [0.2, 0.25) is 0 Å². The first-order valence-corrected chi connectivity index (χ1v) is 7.14. The maximum absolute atomic E-state index is 12.1. The largest absolute Gasteiger partial charge is 0.497 e. The molecule has 20 heavy (non-hydrogen) atoms. The van der Waals surface area contributed by atoms with E-state index in [0.717, 1.165) is 0 Å². The molecule has 0 fully saturated rings. The molecule has 1 N–H and O–H groups in total. The van der Waals surface area contributed by atoms with Crippen LogP contribution in [0.25, 0.3) is 0 Å². The summed E-state index contributed by atoms with van der Waals surface area (Å²) in [7, 11) is -2.16. The van der Waals surface area contributed by atoms with Crippen molar-refractivity contribution in [2.24, 2.45) is 5.18 Å². The number of ether oxygens (including phenoxy) is 1. The molecule has 0 aromatic heterocycles. The fraction of sp³-hybridized carbons (Fsp3) is 0.0769. The van der Waals surface area contributed by atoms with Crippen LogP contribution in [-0.4, -0.2) is 15.5 Å². The van der Waals surface area contributed by atoms with Crippen LogP contribution >= 0.6 is 0 Å². The van der Waals surface area contributed by atoms with Crippen molar-refractivity contribution in [3.05, 3.63) is 53.4 Å². The van der Waals surface area contributed by atoms with Crippen molar-refractivity contribution >= 4 is 21.4 Å². The highest BCUT2D eigenvalue weighted by molar-refractivity contribution is 7.92. The maximum atomic E-state index is 12.1. The average Bonchev–Trinajstić information content (AvgIpc) is 2.48. The third kappa shape index (κ3) is 3.12. The van der Waals surface area contributed by atoms with Gasteiger partial charge in [-0.25, -0.2) is 8.42 Å². The molecule has 0 radical (unpaired) electrons. The van der Waals surface area contributed by atoms with Crippen molar-refractivity contribution in [1.29, 1.82) is 0 Å². The van der Waals surface area contributed by atoms with E-state index >= 15 is 0 Å². The van der Waals surface area contributed by atoms with Gasteiger partial charge in [0.1, 0.15) is 11.4 Å². The van der Waals surface area contributed by atoms with Gasteiger partial charge in [-0.2, -0.15) is 0 Å². The molecule has 7 heteroatoms. The first kappa shape index (κ1) is 14.0. The van der Waals surface area contributed by atoms with Crippen LogP contribution in [0.2, 0.25) is 0 Å². The molecule has 0 aliphatic heterocycles. The van der Waals surface area contributed by atoms with E-state index in [1.54, 1.807) is 24.3 Å². The monoisotopic (exact) mass is 292 g/mol. The fourth-order valence-electron chi connectivity index (χ4n) is 1.56. The van der Waals surface area contributed by atoms with E-state index < -0.39 is 10.0 Å². The number of nitrogens with one attached hydrogen (secondary N) is 1. The Morgan fingerprint density at radius 1 is 1.00 bits per heavy atom. The van der Waals surface area contributed by atoms with Crippen LogP contribution in [-0.2, 0) is 10.0 Å². The van der Waals surface area contributed by atoms with Crippen LogP contribution in [0.1, 0.15) is 0 Å². The molecule has 0 saturated heterocycles. The van der Waals surface area contributed by atoms with Crippen LogP contribution in [0.3, 0.4) is 0 Å². The molecule has 0 aliphatic rings. The highest BCUT2D eigenvalue weighted by atomic mass is 32.2. The Morgan fingerprint density at radius 3 is 2.10 bits per heavy atom. The molecule has 0 heterocycles. The quantitative estimate of drug-likeness (QED) is 0.859. The average molecular weight is 292 g/mol. The van der Waals surface area contributed by atoms with Gasteiger partial charge in [-0.05, 0) is 53.7 Å². The molecule has 0 aliphatic carbocycles.